The molecule has 9 heteroatoms. The van der Waals surface area contributed by atoms with E-state index in [2.05, 4.69) is 29.0 Å². The van der Waals surface area contributed by atoms with E-state index in [1.54, 1.807) is 12.1 Å². The summed E-state index contributed by atoms with van der Waals surface area (Å²) in [7, 11) is -0.714. The number of nitrogens with one attached hydrogen (secondary N) is 1. The highest BCUT2D eigenvalue weighted by molar-refractivity contribution is 7.89. The number of para-hydroxylation sites is 2. The largest absolute Gasteiger partial charge is 0.309 e. The Balaban J connectivity index is 1.91. The van der Waals surface area contributed by atoms with Crippen LogP contribution in [0.25, 0.3) is 11.0 Å². The van der Waals surface area contributed by atoms with Crippen LogP contribution in [0, 0.1) is 0 Å². The minimum Gasteiger partial charge on any atom is -0.309 e. The van der Waals surface area contributed by atoms with Crippen LogP contribution in [0.1, 0.15) is 24.2 Å². The van der Waals surface area contributed by atoms with Crippen LogP contribution in [-0.4, -0.2) is 66.8 Å². The quantitative estimate of drug-likeness (QED) is 0.549. The summed E-state index contributed by atoms with van der Waals surface area (Å²) in [6, 6.07) is 13.7. The van der Waals surface area contributed by atoms with Crippen molar-refractivity contribution in [1.29, 1.82) is 0 Å². The van der Waals surface area contributed by atoms with E-state index in [-0.39, 0.29) is 10.5 Å². The normalized spacial score (nSPS) is 12.1. The predicted molar refractivity (Wildman–Crippen MR) is 123 cm³/mol. The van der Waals surface area contributed by atoms with E-state index in [4.69, 9.17) is 0 Å². The number of carbonyl (C=O) groups is 1. The Kier molecular flexibility index (Phi) is 7.09. The maximum Gasteiger partial charge on any atom is 0.258 e. The average Bonchev–Trinajstić information content (AvgIpc) is 3.11. The Morgan fingerprint density at radius 1 is 1.06 bits per heavy atom. The van der Waals surface area contributed by atoms with E-state index in [0.717, 1.165) is 35.0 Å². The van der Waals surface area contributed by atoms with Gasteiger partial charge in [-0.15, -0.1) is 0 Å². The van der Waals surface area contributed by atoms with Crippen LogP contribution in [0.4, 0.5) is 5.95 Å². The number of hydrogen-bond donors (Lipinski definition) is 1. The maximum absolute atomic E-state index is 13.0. The van der Waals surface area contributed by atoms with E-state index in [9.17, 15) is 13.2 Å². The van der Waals surface area contributed by atoms with Gasteiger partial charge >= 0.3 is 0 Å². The summed E-state index contributed by atoms with van der Waals surface area (Å²) in [6.07, 6.45) is 0. The van der Waals surface area contributed by atoms with E-state index in [1.165, 1.54) is 26.2 Å². The van der Waals surface area contributed by atoms with Crippen molar-refractivity contribution >= 4 is 32.9 Å². The monoisotopic (exact) mass is 443 g/mol. The SMILES string of the molecule is CCN(CC)CCn1c(NC(=O)c2cccc(S(=O)(=O)N(C)C)c2)nc2ccccc21. The molecular formula is C22H29N5O3S. The molecule has 0 aliphatic rings. The van der Waals surface area contributed by atoms with Gasteiger partial charge in [-0.1, -0.05) is 32.0 Å². The van der Waals surface area contributed by atoms with Gasteiger partial charge in [0.05, 0.1) is 15.9 Å². The lowest BCUT2D eigenvalue weighted by Crippen LogP contribution is -2.27. The number of aromatic nitrogens is 2. The number of rotatable bonds is 9. The molecule has 31 heavy (non-hydrogen) atoms. The van der Waals surface area contributed by atoms with Crippen molar-refractivity contribution in [2.45, 2.75) is 25.3 Å². The molecule has 0 fully saturated rings. The molecule has 1 amide bonds. The molecule has 0 spiro atoms. The highest BCUT2D eigenvalue weighted by Crippen LogP contribution is 2.21. The molecule has 1 N–H and O–H groups in total. The zero-order valence-corrected chi connectivity index (χ0v) is 19.2. The Labute approximate surface area is 183 Å². The number of carbonyl (C=O) groups excluding carboxylic acids is 1. The lowest BCUT2D eigenvalue weighted by molar-refractivity contribution is 0.102. The first-order valence-electron chi connectivity index (χ1n) is 10.3. The van der Waals surface area contributed by atoms with Crippen LogP contribution in [-0.2, 0) is 16.6 Å². The first-order chi connectivity index (χ1) is 14.8. The minimum absolute atomic E-state index is 0.0696. The Morgan fingerprint density at radius 2 is 1.77 bits per heavy atom. The molecular weight excluding hydrogens is 414 g/mol. The summed E-state index contributed by atoms with van der Waals surface area (Å²) >= 11 is 0. The summed E-state index contributed by atoms with van der Waals surface area (Å²) in [6.45, 7) is 7.62. The van der Waals surface area contributed by atoms with Crippen molar-refractivity contribution in [3.05, 3.63) is 54.1 Å². The van der Waals surface area contributed by atoms with Crippen molar-refractivity contribution in [2.24, 2.45) is 0 Å². The third-order valence-corrected chi connectivity index (χ3v) is 7.10. The molecule has 0 aliphatic carbocycles. The molecule has 0 radical (unpaired) electrons. The van der Waals surface area contributed by atoms with E-state index < -0.39 is 15.9 Å². The molecule has 1 heterocycles. The third kappa shape index (κ3) is 4.95. The van der Waals surface area contributed by atoms with Crippen molar-refractivity contribution in [2.75, 3.05) is 39.0 Å². The first-order valence-corrected chi connectivity index (χ1v) is 11.7. The van der Waals surface area contributed by atoms with E-state index >= 15 is 0 Å². The van der Waals surface area contributed by atoms with Crippen LogP contribution in [0.2, 0.25) is 0 Å². The van der Waals surface area contributed by atoms with E-state index in [1.807, 2.05) is 28.8 Å². The van der Waals surface area contributed by atoms with Gasteiger partial charge in [-0.05, 0) is 43.4 Å². The third-order valence-electron chi connectivity index (χ3n) is 5.29. The number of imidazole rings is 1. The van der Waals surface area contributed by atoms with Crippen LogP contribution in [0.3, 0.4) is 0 Å². The number of likely N-dealkylation sites (N-methyl/N-ethyl adjacent to an activating group) is 1. The Bertz CT molecular complexity index is 1170. The topological polar surface area (TPSA) is 87.5 Å². The van der Waals surface area contributed by atoms with Crippen LogP contribution in [0.15, 0.2) is 53.4 Å². The van der Waals surface area contributed by atoms with Gasteiger partial charge in [-0.3, -0.25) is 10.1 Å². The number of hydrogen-bond acceptors (Lipinski definition) is 5. The number of amides is 1. The molecule has 0 saturated heterocycles. The molecule has 3 aromatic rings. The number of sulfonamides is 1. The zero-order chi connectivity index (χ0) is 22.6. The predicted octanol–water partition coefficient (Wildman–Crippen LogP) is 2.88. The molecule has 166 valence electrons. The molecule has 8 nitrogen and oxygen atoms in total. The number of nitrogens with zero attached hydrogens (tertiary/aromatic N) is 4. The maximum atomic E-state index is 13.0. The second kappa shape index (κ2) is 9.59. The molecule has 0 bridgehead atoms. The molecule has 0 atom stereocenters. The number of anilines is 1. The average molecular weight is 444 g/mol. The fourth-order valence-electron chi connectivity index (χ4n) is 3.36. The van der Waals surface area contributed by atoms with E-state index in [0.29, 0.717) is 12.5 Å². The zero-order valence-electron chi connectivity index (χ0n) is 18.4. The summed E-state index contributed by atoms with van der Waals surface area (Å²) in [5, 5.41) is 2.87. The van der Waals surface area contributed by atoms with Crippen LogP contribution < -0.4 is 5.32 Å². The van der Waals surface area contributed by atoms with Gasteiger partial charge in [-0.25, -0.2) is 17.7 Å². The van der Waals surface area contributed by atoms with Gasteiger partial charge < -0.3 is 9.47 Å². The summed E-state index contributed by atoms with van der Waals surface area (Å²) < 4.78 is 27.9. The van der Waals surface area contributed by atoms with Crippen LogP contribution >= 0.6 is 0 Å². The van der Waals surface area contributed by atoms with Crippen LogP contribution in [0.5, 0.6) is 0 Å². The van der Waals surface area contributed by atoms with Gasteiger partial charge in [-0.2, -0.15) is 0 Å². The molecule has 0 aliphatic heterocycles. The Hall–Kier alpha value is -2.75. The molecule has 0 unspecified atom stereocenters. The molecule has 2 aromatic carbocycles. The van der Waals surface area contributed by atoms with Gasteiger partial charge in [0, 0.05) is 32.7 Å². The highest BCUT2D eigenvalue weighted by Gasteiger charge is 2.20. The van der Waals surface area contributed by atoms with Gasteiger partial charge in [0.25, 0.3) is 5.91 Å². The van der Waals surface area contributed by atoms with Crippen molar-refractivity contribution in [3.63, 3.8) is 0 Å². The standard InChI is InChI=1S/C22H29N5O3S/c1-5-26(6-2)14-15-27-20-13-8-7-12-19(20)23-22(27)24-21(28)17-10-9-11-18(16-17)31(29,30)25(3)4/h7-13,16H,5-6,14-15H2,1-4H3,(H,23,24,28). The fraction of sp³-hybridized carbons (Fsp3) is 0.364. The molecule has 0 saturated carbocycles. The molecule has 3 rings (SSSR count). The van der Waals surface area contributed by atoms with Crippen molar-refractivity contribution < 1.29 is 13.2 Å². The highest BCUT2D eigenvalue weighted by atomic mass is 32.2. The second-order valence-electron chi connectivity index (χ2n) is 7.37. The molecule has 1 aromatic heterocycles. The van der Waals surface area contributed by atoms with Gasteiger partial charge in [0.1, 0.15) is 0 Å². The fourth-order valence-corrected chi connectivity index (χ4v) is 4.31. The summed E-state index contributed by atoms with van der Waals surface area (Å²) in [5.74, 6) is 0.0365. The lowest BCUT2D eigenvalue weighted by atomic mass is 10.2. The number of fused-ring (bicyclic) bond motifs is 1. The lowest BCUT2D eigenvalue weighted by Gasteiger charge is -2.19. The summed E-state index contributed by atoms with van der Waals surface area (Å²) in [5.41, 5.74) is 1.99. The smallest absolute Gasteiger partial charge is 0.258 e. The van der Waals surface area contributed by atoms with Crippen molar-refractivity contribution in [3.8, 4) is 0 Å². The van der Waals surface area contributed by atoms with Crippen molar-refractivity contribution in [1.82, 2.24) is 18.8 Å². The van der Waals surface area contributed by atoms with Gasteiger partial charge in [0.15, 0.2) is 0 Å². The second-order valence-corrected chi connectivity index (χ2v) is 9.52. The Morgan fingerprint density at radius 3 is 2.45 bits per heavy atom. The minimum atomic E-state index is -3.63. The first kappa shape index (κ1) is 22.9. The number of benzene rings is 2. The van der Waals surface area contributed by atoms with Gasteiger partial charge in [0.2, 0.25) is 16.0 Å². The summed E-state index contributed by atoms with van der Waals surface area (Å²) in [4.78, 5) is 19.9.